The molecule has 1 rings (SSSR count). The van der Waals surface area contributed by atoms with E-state index in [0.717, 1.165) is 12.0 Å². The molecule has 0 aliphatic rings. The predicted octanol–water partition coefficient (Wildman–Crippen LogP) is 2.90. The Hall–Kier alpha value is -2.04. The molecule has 0 aliphatic heterocycles. The van der Waals surface area contributed by atoms with Gasteiger partial charge in [-0.3, -0.25) is 4.79 Å². The Morgan fingerprint density at radius 1 is 1.32 bits per heavy atom. The van der Waals surface area contributed by atoms with Gasteiger partial charge in [-0.15, -0.1) is 0 Å². The van der Waals surface area contributed by atoms with Gasteiger partial charge in [0, 0.05) is 7.05 Å². The number of ether oxygens (including phenoxy) is 1. The van der Waals surface area contributed by atoms with Crippen molar-refractivity contribution in [1.29, 1.82) is 0 Å². The highest BCUT2D eigenvalue weighted by molar-refractivity contribution is 5.86. The molecule has 0 aromatic heterocycles. The van der Waals surface area contributed by atoms with E-state index in [0.29, 0.717) is 11.7 Å². The van der Waals surface area contributed by atoms with Crippen LogP contribution in [0.4, 0.5) is 0 Å². The van der Waals surface area contributed by atoms with Crippen molar-refractivity contribution in [3.63, 3.8) is 0 Å². The molecule has 0 radical (unpaired) electrons. The molecule has 0 fully saturated rings. The van der Waals surface area contributed by atoms with Crippen molar-refractivity contribution in [3.8, 4) is 5.75 Å². The molecule has 1 aromatic carbocycles. The molecule has 1 atom stereocenters. The van der Waals surface area contributed by atoms with Crippen molar-refractivity contribution >= 4 is 11.9 Å². The van der Waals surface area contributed by atoms with Gasteiger partial charge in [0.2, 0.25) is 0 Å². The number of hydrogen-bond acceptors (Lipinski definition) is 3. The van der Waals surface area contributed by atoms with Gasteiger partial charge in [-0.05, 0) is 37.8 Å². The van der Waals surface area contributed by atoms with E-state index < -0.39 is 11.5 Å². The Balaban J connectivity index is 2.79. The lowest BCUT2D eigenvalue weighted by atomic mass is 9.98. The number of para-hydroxylation sites is 1. The molecule has 0 saturated heterocycles. The van der Waals surface area contributed by atoms with Crippen molar-refractivity contribution < 1.29 is 19.4 Å². The lowest BCUT2D eigenvalue weighted by Gasteiger charge is -2.31. The fourth-order valence-electron chi connectivity index (χ4n) is 1.93. The van der Waals surface area contributed by atoms with E-state index in [2.05, 4.69) is 13.8 Å². The van der Waals surface area contributed by atoms with Crippen LogP contribution in [0.1, 0.15) is 45.6 Å². The fraction of sp³-hybridized carbons (Fsp3) is 0.529. The summed E-state index contributed by atoms with van der Waals surface area (Å²) in [7, 11) is 1.47. The molecule has 22 heavy (non-hydrogen) atoms. The second kappa shape index (κ2) is 7.29. The maximum absolute atomic E-state index is 12.2. The molecule has 1 N–H and O–H groups in total. The minimum Gasteiger partial charge on any atom is -0.483 e. The minimum atomic E-state index is -1.27. The van der Waals surface area contributed by atoms with Crippen LogP contribution >= 0.6 is 0 Å². The van der Waals surface area contributed by atoms with Crippen molar-refractivity contribution in [2.45, 2.75) is 45.6 Å². The van der Waals surface area contributed by atoms with Crippen LogP contribution in [0.15, 0.2) is 24.3 Å². The molecular formula is C17H25NO4. The van der Waals surface area contributed by atoms with Gasteiger partial charge in [0.05, 0.1) is 0 Å². The van der Waals surface area contributed by atoms with E-state index in [1.54, 1.807) is 0 Å². The summed E-state index contributed by atoms with van der Waals surface area (Å²) < 4.78 is 5.63. The number of hydrogen-bond donors (Lipinski definition) is 1. The first kappa shape index (κ1) is 18.0. The number of carbonyl (C=O) groups is 2. The van der Waals surface area contributed by atoms with Gasteiger partial charge >= 0.3 is 5.97 Å². The van der Waals surface area contributed by atoms with E-state index in [9.17, 15) is 9.59 Å². The first-order valence-corrected chi connectivity index (χ1v) is 7.43. The number of carboxylic acid groups (broad SMARTS) is 1. The summed E-state index contributed by atoms with van der Waals surface area (Å²) in [6.45, 7) is 6.99. The lowest BCUT2D eigenvalue weighted by molar-refractivity contribution is -0.156. The Bertz CT molecular complexity index is 539. The summed E-state index contributed by atoms with van der Waals surface area (Å²) in [5, 5.41) is 9.16. The van der Waals surface area contributed by atoms with Crippen LogP contribution in [0, 0.1) is 0 Å². The molecule has 1 amide bonds. The van der Waals surface area contributed by atoms with Crippen LogP contribution in [0.3, 0.4) is 0 Å². The molecular weight excluding hydrogens is 282 g/mol. The molecule has 0 aliphatic carbocycles. The van der Waals surface area contributed by atoms with Gasteiger partial charge in [0.1, 0.15) is 11.3 Å². The third-order valence-corrected chi connectivity index (χ3v) is 4.15. The Morgan fingerprint density at radius 2 is 1.91 bits per heavy atom. The number of benzene rings is 1. The third kappa shape index (κ3) is 4.00. The van der Waals surface area contributed by atoms with Gasteiger partial charge in [0.25, 0.3) is 5.91 Å². The van der Waals surface area contributed by atoms with E-state index in [4.69, 9.17) is 9.84 Å². The van der Waals surface area contributed by atoms with Crippen LogP contribution in [0.5, 0.6) is 5.75 Å². The lowest BCUT2D eigenvalue weighted by Crippen LogP contribution is -2.52. The van der Waals surface area contributed by atoms with E-state index >= 15 is 0 Å². The summed E-state index contributed by atoms with van der Waals surface area (Å²) in [5.74, 6) is -0.416. The largest absolute Gasteiger partial charge is 0.483 e. The smallest absolute Gasteiger partial charge is 0.329 e. The minimum absolute atomic E-state index is 0.180. The van der Waals surface area contributed by atoms with Gasteiger partial charge in [-0.1, -0.05) is 32.0 Å². The standard InChI is InChI=1S/C17H25NO4/c1-6-12(2)13-9-7-8-10-14(13)22-11-15(19)18(5)17(3,4)16(20)21/h7-10,12H,6,11H2,1-5H3,(H,20,21). The maximum atomic E-state index is 12.2. The number of rotatable bonds is 7. The van der Waals surface area contributed by atoms with Crippen LogP contribution in [0.25, 0.3) is 0 Å². The molecule has 0 bridgehead atoms. The molecule has 0 saturated carbocycles. The zero-order valence-electron chi connectivity index (χ0n) is 13.9. The fourth-order valence-corrected chi connectivity index (χ4v) is 1.93. The van der Waals surface area contributed by atoms with Gasteiger partial charge in [-0.2, -0.15) is 0 Å². The van der Waals surface area contributed by atoms with Gasteiger partial charge in [-0.25, -0.2) is 4.79 Å². The molecule has 1 aromatic rings. The quantitative estimate of drug-likeness (QED) is 0.841. The summed E-state index contributed by atoms with van der Waals surface area (Å²) in [6, 6.07) is 7.61. The molecule has 5 heteroatoms. The highest BCUT2D eigenvalue weighted by atomic mass is 16.5. The molecule has 1 unspecified atom stereocenters. The van der Waals surface area contributed by atoms with Crippen molar-refractivity contribution in [3.05, 3.63) is 29.8 Å². The van der Waals surface area contributed by atoms with E-state index in [-0.39, 0.29) is 12.5 Å². The first-order chi connectivity index (χ1) is 10.2. The van der Waals surface area contributed by atoms with Crippen molar-refractivity contribution in [2.24, 2.45) is 0 Å². The Morgan fingerprint density at radius 3 is 2.45 bits per heavy atom. The molecule has 0 spiro atoms. The highest BCUT2D eigenvalue weighted by Crippen LogP contribution is 2.28. The Labute approximate surface area is 131 Å². The normalized spacial score (nSPS) is 12.6. The summed E-state index contributed by atoms with van der Waals surface area (Å²) in [4.78, 5) is 24.5. The summed E-state index contributed by atoms with van der Waals surface area (Å²) in [5.41, 5.74) is -0.214. The van der Waals surface area contributed by atoms with Gasteiger partial charge in [0.15, 0.2) is 6.61 Å². The van der Waals surface area contributed by atoms with E-state index in [1.807, 2.05) is 24.3 Å². The molecule has 5 nitrogen and oxygen atoms in total. The summed E-state index contributed by atoms with van der Waals surface area (Å²) in [6.07, 6.45) is 0.972. The predicted molar refractivity (Wildman–Crippen MR) is 85.1 cm³/mol. The van der Waals surface area contributed by atoms with Crippen LogP contribution in [0.2, 0.25) is 0 Å². The van der Waals surface area contributed by atoms with Crippen LogP contribution in [-0.2, 0) is 9.59 Å². The van der Waals surface area contributed by atoms with Crippen LogP contribution in [-0.4, -0.2) is 41.1 Å². The average Bonchev–Trinajstić information content (AvgIpc) is 2.51. The zero-order valence-corrected chi connectivity index (χ0v) is 13.9. The zero-order chi connectivity index (χ0) is 16.9. The highest BCUT2D eigenvalue weighted by Gasteiger charge is 2.35. The monoisotopic (exact) mass is 307 g/mol. The van der Waals surface area contributed by atoms with Crippen molar-refractivity contribution in [2.75, 3.05) is 13.7 Å². The molecule has 0 heterocycles. The number of carbonyl (C=O) groups excluding carboxylic acids is 1. The van der Waals surface area contributed by atoms with Crippen molar-refractivity contribution in [1.82, 2.24) is 4.90 Å². The SMILES string of the molecule is CCC(C)c1ccccc1OCC(=O)N(C)C(C)(C)C(=O)O. The Kier molecular flexibility index (Phi) is 5.97. The number of amides is 1. The van der Waals surface area contributed by atoms with Crippen LogP contribution < -0.4 is 4.74 Å². The van der Waals surface area contributed by atoms with E-state index in [1.165, 1.54) is 25.8 Å². The topological polar surface area (TPSA) is 66.8 Å². The first-order valence-electron chi connectivity index (χ1n) is 7.43. The second-order valence-corrected chi connectivity index (χ2v) is 5.95. The number of likely N-dealkylation sites (N-methyl/N-ethyl adjacent to an activating group) is 1. The molecule has 122 valence electrons. The third-order valence-electron chi connectivity index (χ3n) is 4.15. The maximum Gasteiger partial charge on any atom is 0.329 e. The summed E-state index contributed by atoms with van der Waals surface area (Å²) >= 11 is 0. The van der Waals surface area contributed by atoms with Gasteiger partial charge < -0.3 is 14.7 Å². The second-order valence-electron chi connectivity index (χ2n) is 5.95. The number of nitrogens with zero attached hydrogens (tertiary/aromatic N) is 1. The number of aliphatic carboxylic acids is 1. The number of carboxylic acids is 1. The average molecular weight is 307 g/mol.